The summed E-state index contributed by atoms with van der Waals surface area (Å²) in [5.41, 5.74) is 0. The normalized spacial score (nSPS) is 11.0. The molecule has 0 saturated carbocycles. The van der Waals surface area contributed by atoms with E-state index in [1.54, 1.807) is 20.2 Å². The molecule has 1 aromatic carbocycles. The minimum atomic E-state index is -3.63. The Morgan fingerprint density at radius 1 is 1.33 bits per heavy atom. The van der Waals surface area contributed by atoms with E-state index >= 15 is 0 Å². The number of methoxy groups -OCH3 is 1. The van der Waals surface area contributed by atoms with Gasteiger partial charge in [-0.05, 0) is 34.1 Å². The van der Waals surface area contributed by atoms with Gasteiger partial charge in [-0.25, -0.2) is 17.9 Å². The molecule has 0 aliphatic rings. The van der Waals surface area contributed by atoms with E-state index in [4.69, 9.17) is 4.74 Å². The van der Waals surface area contributed by atoms with Crippen LogP contribution in [0.1, 0.15) is 0 Å². The minimum absolute atomic E-state index is 0.103. The van der Waals surface area contributed by atoms with E-state index in [0.717, 1.165) is 0 Å². The fraction of sp³-hybridized carbons (Fsp3) is 0.417. The van der Waals surface area contributed by atoms with Gasteiger partial charge < -0.3 is 15.0 Å². The Morgan fingerprint density at radius 3 is 2.52 bits per heavy atom. The number of hydrogen-bond acceptors (Lipinski definition) is 4. The molecule has 0 atom stereocenters. The van der Waals surface area contributed by atoms with E-state index in [2.05, 4.69) is 26.0 Å². The van der Waals surface area contributed by atoms with E-state index in [-0.39, 0.29) is 24.0 Å². The number of halogens is 1. The van der Waals surface area contributed by atoms with Crippen molar-refractivity contribution < 1.29 is 17.9 Å². The van der Waals surface area contributed by atoms with E-state index in [9.17, 15) is 13.2 Å². The molecule has 2 N–H and O–H groups in total. The summed E-state index contributed by atoms with van der Waals surface area (Å²) in [5.74, 6) is 0.548. The van der Waals surface area contributed by atoms with E-state index in [1.807, 2.05) is 0 Å². The predicted molar refractivity (Wildman–Crippen MR) is 83.0 cm³/mol. The molecule has 0 radical (unpaired) electrons. The number of urea groups is 1. The molecule has 0 saturated heterocycles. The summed E-state index contributed by atoms with van der Waals surface area (Å²) < 4.78 is 32.1. The van der Waals surface area contributed by atoms with E-state index < -0.39 is 10.0 Å². The Morgan fingerprint density at radius 2 is 2.00 bits per heavy atom. The van der Waals surface area contributed by atoms with Crippen molar-refractivity contribution in [2.45, 2.75) is 4.90 Å². The van der Waals surface area contributed by atoms with Crippen molar-refractivity contribution in [3.05, 3.63) is 22.7 Å². The van der Waals surface area contributed by atoms with Crippen LogP contribution < -0.4 is 14.8 Å². The van der Waals surface area contributed by atoms with Crippen LogP contribution in [0.15, 0.2) is 27.6 Å². The molecule has 2 amide bonds. The first-order chi connectivity index (χ1) is 9.77. The summed E-state index contributed by atoms with van der Waals surface area (Å²) in [6.07, 6.45) is 0. The number of benzene rings is 1. The molecule has 0 aliphatic carbocycles. The molecule has 0 heterocycles. The molecule has 0 bridgehead atoms. The van der Waals surface area contributed by atoms with Gasteiger partial charge in [0.2, 0.25) is 10.0 Å². The Kier molecular flexibility index (Phi) is 6.43. The van der Waals surface area contributed by atoms with E-state index in [1.165, 1.54) is 24.1 Å². The Labute approximate surface area is 132 Å². The lowest BCUT2D eigenvalue weighted by atomic mass is 10.3. The zero-order valence-corrected chi connectivity index (χ0v) is 14.4. The lowest BCUT2D eigenvalue weighted by Crippen LogP contribution is -2.39. The highest BCUT2D eigenvalue weighted by molar-refractivity contribution is 9.10. The van der Waals surface area contributed by atoms with Crippen molar-refractivity contribution in [2.75, 3.05) is 34.3 Å². The molecular formula is C12H18BrN3O4S. The van der Waals surface area contributed by atoms with Crippen LogP contribution in [0.5, 0.6) is 5.75 Å². The summed E-state index contributed by atoms with van der Waals surface area (Å²) in [6, 6.07) is 4.19. The Hall–Kier alpha value is -1.32. The number of carbonyl (C=O) groups excluding carboxylic acids is 1. The lowest BCUT2D eigenvalue weighted by Gasteiger charge is -2.12. The molecular weight excluding hydrogens is 362 g/mol. The van der Waals surface area contributed by atoms with Gasteiger partial charge in [0.15, 0.2) is 0 Å². The first kappa shape index (κ1) is 17.7. The highest BCUT2D eigenvalue weighted by atomic mass is 79.9. The molecule has 0 aromatic heterocycles. The third kappa shape index (κ3) is 5.18. The van der Waals surface area contributed by atoms with Gasteiger partial charge >= 0.3 is 6.03 Å². The van der Waals surface area contributed by atoms with Crippen molar-refractivity contribution in [3.63, 3.8) is 0 Å². The minimum Gasteiger partial charge on any atom is -0.496 e. The lowest BCUT2D eigenvalue weighted by molar-refractivity contribution is 0.217. The number of ether oxygens (including phenoxy) is 1. The molecule has 21 heavy (non-hydrogen) atoms. The monoisotopic (exact) mass is 379 g/mol. The largest absolute Gasteiger partial charge is 0.496 e. The van der Waals surface area contributed by atoms with E-state index in [0.29, 0.717) is 10.2 Å². The molecule has 7 nitrogen and oxygen atoms in total. The molecule has 0 fully saturated rings. The second kappa shape index (κ2) is 7.62. The Bertz CT molecular complexity index is 605. The number of amides is 2. The highest BCUT2D eigenvalue weighted by Crippen LogP contribution is 2.27. The van der Waals surface area contributed by atoms with Crippen LogP contribution >= 0.6 is 15.9 Å². The molecule has 0 unspecified atom stereocenters. The number of hydrogen-bond donors (Lipinski definition) is 2. The van der Waals surface area contributed by atoms with Gasteiger partial charge in [0.05, 0.1) is 16.5 Å². The fourth-order valence-corrected chi connectivity index (χ4v) is 3.16. The van der Waals surface area contributed by atoms with Crippen LogP contribution in [0.3, 0.4) is 0 Å². The summed E-state index contributed by atoms with van der Waals surface area (Å²) in [6.45, 7) is 0.305. The molecule has 1 rings (SSSR count). The van der Waals surface area contributed by atoms with Crippen molar-refractivity contribution in [2.24, 2.45) is 0 Å². The third-order valence-corrected chi connectivity index (χ3v) is 4.61. The molecule has 0 aliphatic heterocycles. The smallest absolute Gasteiger partial charge is 0.316 e. The van der Waals surface area contributed by atoms with Crippen LogP contribution in [0.4, 0.5) is 4.79 Å². The number of nitrogens with one attached hydrogen (secondary N) is 2. The zero-order chi connectivity index (χ0) is 16.0. The SMILES string of the molecule is COc1ccc(S(=O)(=O)NCCNC(=O)N(C)C)cc1Br. The van der Waals surface area contributed by atoms with Gasteiger partial charge in [-0.3, -0.25) is 0 Å². The average Bonchev–Trinajstić information content (AvgIpc) is 2.43. The first-order valence-electron chi connectivity index (χ1n) is 6.06. The summed E-state index contributed by atoms with van der Waals surface area (Å²) in [4.78, 5) is 12.8. The number of nitrogens with zero attached hydrogens (tertiary/aromatic N) is 1. The van der Waals surface area contributed by atoms with Gasteiger partial charge in [0.25, 0.3) is 0 Å². The summed E-state index contributed by atoms with van der Waals surface area (Å²) in [7, 11) is 1.08. The maximum atomic E-state index is 12.1. The van der Waals surface area contributed by atoms with Crippen LogP contribution in [0.2, 0.25) is 0 Å². The van der Waals surface area contributed by atoms with Gasteiger partial charge in [-0.1, -0.05) is 0 Å². The van der Waals surface area contributed by atoms with Crippen molar-refractivity contribution >= 4 is 32.0 Å². The molecule has 0 spiro atoms. The zero-order valence-electron chi connectivity index (χ0n) is 12.0. The molecule has 1 aromatic rings. The van der Waals surface area contributed by atoms with Crippen molar-refractivity contribution in [3.8, 4) is 5.75 Å². The second-order valence-corrected chi connectivity index (χ2v) is 6.94. The van der Waals surface area contributed by atoms with Gasteiger partial charge in [0, 0.05) is 27.2 Å². The maximum absolute atomic E-state index is 12.1. The van der Waals surface area contributed by atoms with Crippen LogP contribution in [-0.2, 0) is 10.0 Å². The van der Waals surface area contributed by atoms with Crippen LogP contribution in [-0.4, -0.2) is 53.6 Å². The first-order valence-corrected chi connectivity index (χ1v) is 8.34. The molecule has 9 heteroatoms. The maximum Gasteiger partial charge on any atom is 0.316 e. The number of rotatable bonds is 6. The Balaban J connectivity index is 2.62. The highest BCUT2D eigenvalue weighted by Gasteiger charge is 2.15. The number of sulfonamides is 1. The van der Waals surface area contributed by atoms with Crippen molar-refractivity contribution in [1.82, 2.24) is 14.9 Å². The topological polar surface area (TPSA) is 87.7 Å². The summed E-state index contributed by atoms with van der Waals surface area (Å²) in [5, 5.41) is 2.57. The van der Waals surface area contributed by atoms with Gasteiger partial charge in [-0.15, -0.1) is 0 Å². The predicted octanol–water partition coefficient (Wildman–Crippen LogP) is 1.01. The van der Waals surface area contributed by atoms with Crippen molar-refractivity contribution in [1.29, 1.82) is 0 Å². The summed E-state index contributed by atoms with van der Waals surface area (Å²) >= 11 is 3.24. The standard InChI is InChI=1S/C12H18BrN3O4S/c1-16(2)12(17)14-6-7-15-21(18,19)9-4-5-11(20-3)10(13)8-9/h4-5,8,15H,6-7H2,1-3H3,(H,14,17). The second-order valence-electron chi connectivity index (χ2n) is 4.32. The third-order valence-electron chi connectivity index (χ3n) is 2.53. The quantitative estimate of drug-likeness (QED) is 0.721. The number of carbonyl (C=O) groups is 1. The fourth-order valence-electron chi connectivity index (χ4n) is 1.41. The van der Waals surface area contributed by atoms with Gasteiger partial charge in [-0.2, -0.15) is 0 Å². The average molecular weight is 380 g/mol. The van der Waals surface area contributed by atoms with Crippen LogP contribution in [0, 0.1) is 0 Å². The molecule has 118 valence electrons. The van der Waals surface area contributed by atoms with Gasteiger partial charge in [0.1, 0.15) is 5.75 Å². The van der Waals surface area contributed by atoms with Crippen LogP contribution in [0.25, 0.3) is 0 Å².